The molecule has 0 bridgehead atoms. The van der Waals surface area contributed by atoms with Crippen LogP contribution in [0, 0.1) is 0 Å². The number of hydrogen-bond donors (Lipinski definition) is 2. The van der Waals surface area contributed by atoms with E-state index in [0.717, 1.165) is 11.3 Å². The molecule has 23 heavy (non-hydrogen) atoms. The third kappa shape index (κ3) is 3.41. The molecule has 0 radical (unpaired) electrons. The van der Waals surface area contributed by atoms with Crippen LogP contribution in [0.25, 0.3) is 18.5 Å². The standard InChI is InChI=1S/C18H17N3O2/c1-14-17(12-19-23-13-15-8-4-2-5-9-15)18(22)21(20-14)16-10-6-3-7-11-16/h2-12,19-20H,1,13H2/b17-12-. The zero-order valence-electron chi connectivity index (χ0n) is 12.5. The Kier molecular flexibility index (Phi) is 4.40. The van der Waals surface area contributed by atoms with Gasteiger partial charge in [0.1, 0.15) is 0 Å². The van der Waals surface area contributed by atoms with E-state index in [2.05, 4.69) is 17.2 Å². The first kappa shape index (κ1) is 14.9. The van der Waals surface area contributed by atoms with Crippen molar-refractivity contribution in [1.29, 1.82) is 0 Å². The van der Waals surface area contributed by atoms with Gasteiger partial charge in [-0.25, -0.2) is 4.68 Å². The number of aromatic nitrogens is 2. The molecule has 0 fully saturated rings. The van der Waals surface area contributed by atoms with Crippen LogP contribution in [0.3, 0.4) is 0 Å². The van der Waals surface area contributed by atoms with Crippen molar-refractivity contribution in [2.75, 3.05) is 0 Å². The number of hydrogen-bond acceptors (Lipinski definition) is 3. The average molecular weight is 307 g/mol. The molecule has 2 N–H and O–H groups in total. The van der Waals surface area contributed by atoms with Gasteiger partial charge in [-0.15, -0.1) is 0 Å². The Bertz CT molecular complexity index is 928. The van der Waals surface area contributed by atoms with Crippen molar-refractivity contribution in [1.82, 2.24) is 15.3 Å². The molecule has 3 rings (SSSR count). The molecule has 0 unspecified atom stereocenters. The molecule has 1 aromatic heterocycles. The topological polar surface area (TPSA) is 59.0 Å². The van der Waals surface area contributed by atoms with E-state index in [9.17, 15) is 4.79 Å². The minimum Gasteiger partial charge on any atom is -0.291 e. The number of nitrogens with zero attached hydrogens (tertiary/aromatic N) is 1. The number of benzene rings is 2. The van der Waals surface area contributed by atoms with Crippen LogP contribution in [0.4, 0.5) is 0 Å². The van der Waals surface area contributed by atoms with Crippen LogP contribution < -0.4 is 21.6 Å². The fourth-order valence-corrected chi connectivity index (χ4v) is 2.20. The van der Waals surface area contributed by atoms with Gasteiger partial charge < -0.3 is 0 Å². The van der Waals surface area contributed by atoms with Gasteiger partial charge in [-0.1, -0.05) is 55.1 Å². The fourth-order valence-electron chi connectivity index (χ4n) is 2.20. The number of hydroxylamine groups is 1. The molecule has 116 valence electrons. The first-order valence-electron chi connectivity index (χ1n) is 7.22. The molecular formula is C18H17N3O2. The van der Waals surface area contributed by atoms with E-state index in [1.54, 1.807) is 0 Å². The highest BCUT2D eigenvalue weighted by atomic mass is 16.6. The second kappa shape index (κ2) is 6.81. The van der Waals surface area contributed by atoms with Crippen molar-refractivity contribution in [3.8, 4) is 5.69 Å². The van der Waals surface area contributed by atoms with Gasteiger partial charge >= 0.3 is 0 Å². The number of para-hydroxylation sites is 1. The van der Waals surface area contributed by atoms with Gasteiger partial charge in [-0.2, -0.15) is 0 Å². The van der Waals surface area contributed by atoms with Crippen LogP contribution in [0.15, 0.2) is 65.5 Å². The van der Waals surface area contributed by atoms with Crippen LogP contribution in [0.1, 0.15) is 5.56 Å². The Morgan fingerprint density at radius 2 is 1.74 bits per heavy atom. The van der Waals surface area contributed by atoms with Gasteiger partial charge in [0, 0.05) is 6.20 Å². The van der Waals surface area contributed by atoms with Crippen molar-refractivity contribution < 1.29 is 4.84 Å². The second-order valence-corrected chi connectivity index (χ2v) is 5.02. The SMILES string of the molecule is C=c1[nH]n(-c2ccccc2)c(=O)/c1=C\NOCc1ccccc1. The minimum absolute atomic E-state index is 0.183. The normalized spacial score (nSPS) is 11.6. The van der Waals surface area contributed by atoms with Crippen LogP contribution in [-0.2, 0) is 11.4 Å². The van der Waals surface area contributed by atoms with Crippen molar-refractivity contribution >= 4 is 12.8 Å². The average Bonchev–Trinajstić information content (AvgIpc) is 2.88. The summed E-state index contributed by atoms with van der Waals surface area (Å²) >= 11 is 0. The van der Waals surface area contributed by atoms with Crippen LogP contribution in [0.2, 0.25) is 0 Å². The third-order valence-corrected chi connectivity index (χ3v) is 3.39. The maximum atomic E-state index is 12.4. The fraction of sp³-hybridized carbons (Fsp3) is 0.0556. The zero-order chi connectivity index (χ0) is 16.1. The molecule has 0 aliphatic carbocycles. The summed E-state index contributed by atoms with van der Waals surface area (Å²) in [7, 11) is 0. The Balaban J connectivity index is 1.77. The van der Waals surface area contributed by atoms with Crippen LogP contribution in [0.5, 0.6) is 0 Å². The smallest absolute Gasteiger partial charge is 0.280 e. The summed E-state index contributed by atoms with van der Waals surface area (Å²) in [5.74, 6) is 0. The van der Waals surface area contributed by atoms with Gasteiger partial charge in [-0.05, 0) is 17.7 Å². The van der Waals surface area contributed by atoms with Gasteiger partial charge in [0.2, 0.25) is 0 Å². The summed E-state index contributed by atoms with van der Waals surface area (Å²) in [5, 5.41) is 3.91. The Labute approximate surface area is 133 Å². The molecule has 5 nitrogen and oxygen atoms in total. The van der Waals surface area contributed by atoms with Crippen molar-refractivity contribution in [3.63, 3.8) is 0 Å². The Morgan fingerprint density at radius 1 is 1.09 bits per heavy atom. The highest BCUT2D eigenvalue weighted by Crippen LogP contribution is 2.00. The number of rotatable bonds is 5. The first-order chi connectivity index (χ1) is 11.3. The maximum absolute atomic E-state index is 12.4. The lowest BCUT2D eigenvalue weighted by Crippen LogP contribution is -2.36. The highest BCUT2D eigenvalue weighted by molar-refractivity contribution is 5.31. The second-order valence-electron chi connectivity index (χ2n) is 5.02. The molecule has 0 spiro atoms. The molecular weight excluding hydrogens is 290 g/mol. The molecule has 5 heteroatoms. The van der Waals surface area contributed by atoms with E-state index in [-0.39, 0.29) is 5.56 Å². The molecule has 1 heterocycles. The van der Waals surface area contributed by atoms with Crippen LogP contribution >= 0.6 is 0 Å². The molecule has 0 aliphatic heterocycles. The monoisotopic (exact) mass is 307 g/mol. The molecule has 0 saturated carbocycles. The van der Waals surface area contributed by atoms with Gasteiger partial charge in [0.15, 0.2) is 0 Å². The summed E-state index contributed by atoms with van der Waals surface area (Å²) < 4.78 is 1.45. The Hall–Kier alpha value is -3.05. The largest absolute Gasteiger partial charge is 0.291 e. The maximum Gasteiger partial charge on any atom is 0.280 e. The zero-order valence-corrected chi connectivity index (χ0v) is 12.5. The number of H-pyrrole nitrogens is 1. The summed E-state index contributed by atoms with van der Waals surface area (Å²) in [6.45, 7) is 4.27. The lowest BCUT2D eigenvalue weighted by atomic mass is 10.2. The summed E-state index contributed by atoms with van der Waals surface area (Å²) in [6, 6.07) is 19.1. The van der Waals surface area contributed by atoms with E-state index in [1.165, 1.54) is 10.9 Å². The molecule has 0 atom stereocenters. The molecule has 3 aromatic rings. The van der Waals surface area contributed by atoms with E-state index in [1.807, 2.05) is 60.7 Å². The molecule has 2 aromatic carbocycles. The van der Waals surface area contributed by atoms with Crippen LogP contribution in [-0.4, -0.2) is 9.78 Å². The minimum atomic E-state index is -0.183. The van der Waals surface area contributed by atoms with E-state index in [0.29, 0.717) is 17.2 Å². The van der Waals surface area contributed by atoms with Gasteiger partial charge in [-0.3, -0.25) is 20.2 Å². The van der Waals surface area contributed by atoms with Crippen molar-refractivity contribution in [2.24, 2.45) is 0 Å². The lowest BCUT2D eigenvalue weighted by molar-refractivity contribution is 0.0682. The van der Waals surface area contributed by atoms with Gasteiger partial charge in [0.25, 0.3) is 5.56 Å². The summed E-state index contributed by atoms with van der Waals surface area (Å²) in [4.78, 5) is 17.8. The quantitative estimate of drug-likeness (QED) is 0.547. The predicted octanol–water partition coefficient (Wildman–Crippen LogP) is 1.04. The number of nitrogens with one attached hydrogen (secondary N) is 2. The Morgan fingerprint density at radius 3 is 2.43 bits per heavy atom. The van der Waals surface area contributed by atoms with Gasteiger partial charge in [0.05, 0.1) is 22.9 Å². The number of aromatic amines is 1. The first-order valence-corrected chi connectivity index (χ1v) is 7.22. The molecule has 0 saturated heterocycles. The van der Waals surface area contributed by atoms with Crippen molar-refractivity contribution in [2.45, 2.75) is 6.61 Å². The predicted molar refractivity (Wildman–Crippen MR) is 90.0 cm³/mol. The lowest BCUT2D eigenvalue weighted by Gasteiger charge is -2.01. The van der Waals surface area contributed by atoms with E-state index < -0.39 is 0 Å². The highest BCUT2D eigenvalue weighted by Gasteiger charge is 2.03. The molecule has 0 amide bonds. The molecule has 0 aliphatic rings. The summed E-state index contributed by atoms with van der Waals surface area (Å²) in [6.07, 6.45) is 1.52. The third-order valence-electron chi connectivity index (χ3n) is 3.39. The van der Waals surface area contributed by atoms with Crippen molar-refractivity contribution in [3.05, 3.63) is 87.1 Å². The van der Waals surface area contributed by atoms with E-state index in [4.69, 9.17) is 4.84 Å². The van der Waals surface area contributed by atoms with E-state index >= 15 is 0 Å². The summed E-state index contributed by atoms with van der Waals surface area (Å²) in [5.41, 5.74) is 4.31.